The van der Waals surface area contributed by atoms with E-state index in [0.717, 1.165) is 11.8 Å². The number of hydrogen-bond donors (Lipinski definition) is 0. The minimum Gasteiger partial charge on any atom is -0.380 e. The summed E-state index contributed by atoms with van der Waals surface area (Å²) in [5.74, 6) is -0.414. The fourth-order valence-electron chi connectivity index (χ4n) is 1.47. The number of hydrogen-bond acceptors (Lipinski definition) is 2. The van der Waals surface area contributed by atoms with Crippen molar-refractivity contribution in [3.8, 4) is 0 Å². The second kappa shape index (κ2) is 5.97. The lowest BCUT2D eigenvalue weighted by Crippen LogP contribution is -2.00. The fourth-order valence-corrected chi connectivity index (χ4v) is 1.74. The molecule has 1 unspecified atom stereocenters. The van der Waals surface area contributed by atoms with Crippen molar-refractivity contribution in [1.29, 1.82) is 0 Å². The Morgan fingerprint density at radius 1 is 1.56 bits per heavy atom. The van der Waals surface area contributed by atoms with Crippen LogP contribution in [0.25, 0.3) is 0 Å². The summed E-state index contributed by atoms with van der Waals surface area (Å²) < 4.78 is 18.5. The molecule has 0 N–H and O–H groups in total. The van der Waals surface area contributed by atoms with Crippen LogP contribution in [0.2, 0.25) is 5.02 Å². The summed E-state index contributed by atoms with van der Waals surface area (Å²) >= 11 is 5.95. The van der Waals surface area contributed by atoms with Crippen molar-refractivity contribution in [1.82, 2.24) is 0 Å². The second-order valence-electron chi connectivity index (χ2n) is 3.70. The number of carbonyl (C=O) groups excluding carboxylic acids is 1. The van der Waals surface area contributed by atoms with Gasteiger partial charge in [0.15, 0.2) is 0 Å². The van der Waals surface area contributed by atoms with Crippen LogP contribution in [-0.2, 0) is 16.1 Å². The van der Waals surface area contributed by atoms with Crippen LogP contribution in [0, 0.1) is 5.82 Å². The average molecular weight is 245 g/mol. The predicted octanol–water partition coefficient (Wildman–Crippen LogP) is 3.32. The highest BCUT2D eigenvalue weighted by Crippen LogP contribution is 2.27. The summed E-state index contributed by atoms with van der Waals surface area (Å²) in [5, 5.41) is 0.342. The van der Waals surface area contributed by atoms with Crippen LogP contribution in [0.5, 0.6) is 0 Å². The third kappa shape index (κ3) is 3.03. The number of aldehydes is 1. The molecule has 0 heterocycles. The van der Waals surface area contributed by atoms with Gasteiger partial charge in [0.1, 0.15) is 12.1 Å². The lowest BCUT2D eigenvalue weighted by molar-refractivity contribution is -0.108. The van der Waals surface area contributed by atoms with Crippen molar-refractivity contribution in [2.75, 3.05) is 7.11 Å². The average Bonchev–Trinajstić information content (AvgIpc) is 2.23. The van der Waals surface area contributed by atoms with E-state index >= 15 is 0 Å². The first-order valence-corrected chi connectivity index (χ1v) is 5.38. The monoisotopic (exact) mass is 244 g/mol. The van der Waals surface area contributed by atoms with E-state index in [2.05, 4.69) is 0 Å². The molecule has 1 aromatic carbocycles. The van der Waals surface area contributed by atoms with Crippen molar-refractivity contribution < 1.29 is 13.9 Å². The maximum atomic E-state index is 13.6. The normalized spacial score (nSPS) is 12.5. The molecule has 0 radical (unpaired) electrons. The molecule has 2 nitrogen and oxygen atoms in total. The summed E-state index contributed by atoms with van der Waals surface area (Å²) in [6, 6.07) is 3.10. The number of ether oxygens (including phenoxy) is 1. The molecular formula is C12H14ClFO2. The van der Waals surface area contributed by atoms with Gasteiger partial charge in [0.05, 0.1) is 6.61 Å². The van der Waals surface area contributed by atoms with E-state index in [1.165, 1.54) is 13.2 Å². The van der Waals surface area contributed by atoms with E-state index in [-0.39, 0.29) is 18.3 Å². The number of carbonyl (C=O) groups is 1. The summed E-state index contributed by atoms with van der Waals surface area (Å²) in [6.45, 7) is 2.00. The molecule has 1 aromatic rings. The largest absolute Gasteiger partial charge is 0.380 e. The zero-order chi connectivity index (χ0) is 12.1. The van der Waals surface area contributed by atoms with E-state index in [1.807, 2.05) is 6.92 Å². The van der Waals surface area contributed by atoms with Crippen LogP contribution in [0.3, 0.4) is 0 Å². The van der Waals surface area contributed by atoms with E-state index in [9.17, 15) is 9.18 Å². The maximum absolute atomic E-state index is 13.6. The SMILES string of the molecule is COCc1c(F)cc(C(C)CC=O)cc1Cl. The summed E-state index contributed by atoms with van der Waals surface area (Å²) in [6.07, 6.45) is 1.18. The molecule has 4 heteroatoms. The van der Waals surface area contributed by atoms with E-state index in [0.29, 0.717) is 17.0 Å². The first kappa shape index (κ1) is 13.1. The van der Waals surface area contributed by atoms with Crippen LogP contribution in [0.4, 0.5) is 4.39 Å². The van der Waals surface area contributed by atoms with Gasteiger partial charge in [0, 0.05) is 24.1 Å². The first-order chi connectivity index (χ1) is 7.60. The zero-order valence-electron chi connectivity index (χ0n) is 9.30. The quantitative estimate of drug-likeness (QED) is 0.743. The van der Waals surface area contributed by atoms with Crippen LogP contribution in [0.15, 0.2) is 12.1 Å². The van der Waals surface area contributed by atoms with E-state index in [4.69, 9.17) is 16.3 Å². The Morgan fingerprint density at radius 3 is 2.75 bits per heavy atom. The van der Waals surface area contributed by atoms with E-state index in [1.54, 1.807) is 6.07 Å². The number of halogens is 2. The Morgan fingerprint density at radius 2 is 2.25 bits per heavy atom. The van der Waals surface area contributed by atoms with Crippen molar-refractivity contribution in [2.45, 2.75) is 25.9 Å². The number of benzene rings is 1. The molecule has 0 aliphatic rings. The third-order valence-corrected chi connectivity index (χ3v) is 2.81. The van der Waals surface area contributed by atoms with Gasteiger partial charge in [-0.1, -0.05) is 18.5 Å². The van der Waals surface area contributed by atoms with Gasteiger partial charge in [-0.25, -0.2) is 4.39 Å². The lowest BCUT2D eigenvalue weighted by atomic mass is 9.97. The number of rotatable bonds is 5. The fraction of sp³-hybridized carbons (Fsp3) is 0.417. The highest BCUT2D eigenvalue weighted by atomic mass is 35.5. The standard InChI is InChI=1S/C12H14ClFO2/c1-8(3-4-15)9-5-11(13)10(7-16-2)12(14)6-9/h4-6,8H,3,7H2,1-2H3. The molecule has 88 valence electrons. The molecule has 0 fully saturated rings. The second-order valence-corrected chi connectivity index (χ2v) is 4.11. The van der Waals surface area contributed by atoms with Gasteiger partial charge in [0.25, 0.3) is 0 Å². The van der Waals surface area contributed by atoms with E-state index < -0.39 is 0 Å². The van der Waals surface area contributed by atoms with Crippen molar-refractivity contribution >= 4 is 17.9 Å². The summed E-state index contributed by atoms with van der Waals surface area (Å²) in [7, 11) is 1.48. The van der Waals surface area contributed by atoms with Crippen LogP contribution in [0.1, 0.15) is 30.4 Å². The summed E-state index contributed by atoms with van der Waals surface area (Å²) in [4.78, 5) is 10.4. The van der Waals surface area contributed by atoms with Gasteiger partial charge >= 0.3 is 0 Å². The van der Waals surface area contributed by atoms with Crippen LogP contribution < -0.4 is 0 Å². The smallest absolute Gasteiger partial charge is 0.130 e. The van der Waals surface area contributed by atoms with Gasteiger partial charge in [-0.3, -0.25) is 0 Å². The number of methoxy groups -OCH3 is 1. The van der Waals surface area contributed by atoms with Crippen LogP contribution >= 0.6 is 11.6 Å². The molecule has 0 aliphatic heterocycles. The highest BCUT2D eigenvalue weighted by molar-refractivity contribution is 6.31. The zero-order valence-corrected chi connectivity index (χ0v) is 10.1. The van der Waals surface area contributed by atoms with Crippen molar-refractivity contribution in [3.63, 3.8) is 0 Å². The molecule has 1 atom stereocenters. The van der Waals surface area contributed by atoms with Crippen LogP contribution in [-0.4, -0.2) is 13.4 Å². The minimum atomic E-state index is -0.387. The van der Waals surface area contributed by atoms with Gasteiger partial charge in [-0.2, -0.15) is 0 Å². The van der Waals surface area contributed by atoms with Crippen molar-refractivity contribution in [2.24, 2.45) is 0 Å². The Kier molecular flexibility index (Phi) is 4.90. The first-order valence-electron chi connectivity index (χ1n) is 5.00. The molecule has 1 rings (SSSR count). The molecule has 0 spiro atoms. The minimum absolute atomic E-state index is 0.0268. The Bertz CT molecular complexity index is 356. The molecule has 0 saturated heterocycles. The molecule has 16 heavy (non-hydrogen) atoms. The highest BCUT2D eigenvalue weighted by Gasteiger charge is 2.13. The Labute approximate surface area is 99.4 Å². The van der Waals surface area contributed by atoms with Gasteiger partial charge < -0.3 is 9.53 Å². The van der Waals surface area contributed by atoms with Gasteiger partial charge in [0.2, 0.25) is 0 Å². The molecule has 0 amide bonds. The molecule has 0 aromatic heterocycles. The summed E-state index contributed by atoms with van der Waals surface area (Å²) in [5.41, 5.74) is 1.08. The predicted molar refractivity (Wildman–Crippen MR) is 61.2 cm³/mol. The molecule has 0 bridgehead atoms. The van der Waals surface area contributed by atoms with Crippen molar-refractivity contribution in [3.05, 3.63) is 34.1 Å². The molecular weight excluding hydrogens is 231 g/mol. The maximum Gasteiger partial charge on any atom is 0.130 e. The lowest BCUT2D eigenvalue weighted by Gasteiger charge is -2.12. The Hall–Kier alpha value is -0.930. The molecule has 0 aliphatic carbocycles. The topological polar surface area (TPSA) is 26.3 Å². The van der Waals surface area contributed by atoms with Gasteiger partial charge in [-0.05, 0) is 23.6 Å². The Balaban J connectivity index is 3.03. The molecule has 0 saturated carbocycles. The third-order valence-electron chi connectivity index (χ3n) is 2.47. The van der Waals surface area contributed by atoms with Gasteiger partial charge in [-0.15, -0.1) is 0 Å².